The molecule has 0 bridgehead atoms. The van der Waals surface area contributed by atoms with Crippen molar-refractivity contribution >= 4 is 17.2 Å². The maximum atomic E-state index is 10.8. The van der Waals surface area contributed by atoms with E-state index in [2.05, 4.69) is 10.3 Å². The number of thiazole rings is 1. The Morgan fingerprint density at radius 1 is 1.82 bits per heavy atom. The maximum absolute atomic E-state index is 10.8. The zero-order chi connectivity index (χ0) is 8.10. The van der Waals surface area contributed by atoms with Crippen molar-refractivity contribution in [2.45, 2.75) is 19.9 Å². The first-order chi connectivity index (χ1) is 5.33. The third-order valence-corrected chi connectivity index (χ3v) is 2.02. The van der Waals surface area contributed by atoms with Crippen LogP contribution in [-0.2, 0) is 11.3 Å². The molecule has 0 saturated heterocycles. The lowest BCUT2D eigenvalue weighted by atomic mass is 10.4. The minimum atomic E-state index is 0.0696. The van der Waals surface area contributed by atoms with E-state index in [1.165, 1.54) is 0 Å². The third-order valence-electron chi connectivity index (χ3n) is 1.24. The first kappa shape index (κ1) is 8.20. The summed E-state index contributed by atoms with van der Waals surface area (Å²) < 4.78 is 0. The molecule has 0 spiro atoms. The summed E-state index contributed by atoms with van der Waals surface area (Å²) in [4.78, 5) is 14.8. The highest BCUT2D eigenvalue weighted by Gasteiger charge is 1.97. The van der Waals surface area contributed by atoms with Crippen molar-refractivity contribution in [3.8, 4) is 0 Å². The van der Waals surface area contributed by atoms with E-state index in [4.69, 9.17) is 0 Å². The maximum Gasteiger partial charge on any atom is 0.220 e. The fourth-order valence-electron chi connectivity index (χ4n) is 0.639. The normalized spacial score (nSPS) is 9.55. The van der Waals surface area contributed by atoms with Gasteiger partial charge in [-0.2, -0.15) is 0 Å². The fraction of sp³-hybridized carbons (Fsp3) is 0.429. The van der Waals surface area contributed by atoms with Crippen LogP contribution in [0.4, 0.5) is 0 Å². The molecule has 0 radical (unpaired) electrons. The first-order valence-electron chi connectivity index (χ1n) is 3.48. The fourth-order valence-corrected chi connectivity index (χ4v) is 1.20. The second-order valence-electron chi connectivity index (χ2n) is 2.06. The molecule has 0 aliphatic heterocycles. The van der Waals surface area contributed by atoms with Gasteiger partial charge in [0, 0.05) is 18.0 Å². The van der Waals surface area contributed by atoms with Gasteiger partial charge in [-0.1, -0.05) is 6.92 Å². The number of rotatable bonds is 3. The van der Waals surface area contributed by atoms with Crippen LogP contribution in [0.15, 0.2) is 11.6 Å². The van der Waals surface area contributed by atoms with Crippen molar-refractivity contribution in [1.82, 2.24) is 10.3 Å². The van der Waals surface area contributed by atoms with E-state index < -0.39 is 0 Å². The van der Waals surface area contributed by atoms with Crippen LogP contribution in [0.2, 0.25) is 0 Å². The lowest BCUT2D eigenvalue weighted by Gasteiger charge is -1.98. The Hall–Kier alpha value is -0.900. The zero-order valence-electron chi connectivity index (χ0n) is 6.33. The number of hydrogen-bond acceptors (Lipinski definition) is 3. The second kappa shape index (κ2) is 4.08. The van der Waals surface area contributed by atoms with Crippen LogP contribution >= 0.6 is 11.3 Å². The number of aromatic nitrogens is 1. The molecule has 0 aromatic carbocycles. The van der Waals surface area contributed by atoms with E-state index >= 15 is 0 Å². The summed E-state index contributed by atoms with van der Waals surface area (Å²) in [6.45, 7) is 2.39. The van der Waals surface area contributed by atoms with E-state index in [9.17, 15) is 4.79 Å². The van der Waals surface area contributed by atoms with Crippen LogP contribution in [0.3, 0.4) is 0 Å². The third kappa shape index (κ3) is 2.67. The molecule has 0 aliphatic carbocycles. The Morgan fingerprint density at radius 3 is 3.18 bits per heavy atom. The Kier molecular flexibility index (Phi) is 3.04. The summed E-state index contributed by atoms with van der Waals surface area (Å²) in [5.74, 6) is 0.0696. The van der Waals surface area contributed by atoms with Gasteiger partial charge in [-0.15, -0.1) is 11.3 Å². The van der Waals surface area contributed by atoms with Gasteiger partial charge in [0.2, 0.25) is 5.91 Å². The monoisotopic (exact) mass is 170 g/mol. The van der Waals surface area contributed by atoms with Gasteiger partial charge in [-0.05, 0) is 0 Å². The highest BCUT2D eigenvalue weighted by molar-refractivity contribution is 7.09. The quantitative estimate of drug-likeness (QED) is 0.739. The number of amides is 1. The molecular formula is C7H10N2OS. The number of carbonyl (C=O) groups excluding carboxylic acids is 1. The molecule has 11 heavy (non-hydrogen) atoms. The van der Waals surface area contributed by atoms with E-state index in [-0.39, 0.29) is 5.91 Å². The predicted molar refractivity (Wildman–Crippen MR) is 44.3 cm³/mol. The van der Waals surface area contributed by atoms with Gasteiger partial charge in [-0.3, -0.25) is 4.79 Å². The number of hydrogen-bond donors (Lipinski definition) is 1. The molecule has 60 valence electrons. The molecule has 3 nitrogen and oxygen atoms in total. The second-order valence-corrected chi connectivity index (χ2v) is 3.04. The van der Waals surface area contributed by atoms with Crippen molar-refractivity contribution in [2.24, 2.45) is 0 Å². The molecule has 1 heterocycles. The van der Waals surface area contributed by atoms with Crippen LogP contribution in [-0.4, -0.2) is 10.9 Å². The molecule has 1 aromatic rings. The van der Waals surface area contributed by atoms with Gasteiger partial charge in [0.05, 0.1) is 6.54 Å². The lowest BCUT2D eigenvalue weighted by molar-refractivity contribution is -0.120. The van der Waals surface area contributed by atoms with E-state index in [0.717, 1.165) is 5.01 Å². The molecular weight excluding hydrogens is 160 g/mol. The van der Waals surface area contributed by atoms with Crippen molar-refractivity contribution in [3.63, 3.8) is 0 Å². The summed E-state index contributed by atoms with van der Waals surface area (Å²) in [6.07, 6.45) is 2.27. The highest BCUT2D eigenvalue weighted by Crippen LogP contribution is 2.02. The Labute approximate surface area is 69.5 Å². The number of nitrogens with one attached hydrogen (secondary N) is 1. The average molecular weight is 170 g/mol. The van der Waals surface area contributed by atoms with Gasteiger partial charge in [0.1, 0.15) is 5.01 Å². The Bertz CT molecular complexity index is 220. The Balaban J connectivity index is 2.29. The van der Waals surface area contributed by atoms with Gasteiger partial charge in [0.25, 0.3) is 0 Å². The molecule has 0 fully saturated rings. The molecule has 0 unspecified atom stereocenters. The van der Waals surface area contributed by atoms with Crippen LogP contribution in [0.1, 0.15) is 18.4 Å². The lowest BCUT2D eigenvalue weighted by Crippen LogP contribution is -2.21. The Morgan fingerprint density at radius 2 is 2.64 bits per heavy atom. The SMILES string of the molecule is CCC(=O)NCc1nccs1. The average Bonchev–Trinajstić information content (AvgIpc) is 2.52. The van der Waals surface area contributed by atoms with Gasteiger partial charge < -0.3 is 5.32 Å². The van der Waals surface area contributed by atoms with Crippen LogP contribution in [0.25, 0.3) is 0 Å². The number of nitrogens with zero attached hydrogens (tertiary/aromatic N) is 1. The molecule has 1 rings (SSSR count). The zero-order valence-corrected chi connectivity index (χ0v) is 7.15. The molecule has 1 N–H and O–H groups in total. The highest BCUT2D eigenvalue weighted by atomic mass is 32.1. The molecule has 0 saturated carbocycles. The smallest absolute Gasteiger partial charge is 0.220 e. The summed E-state index contributed by atoms with van der Waals surface area (Å²) in [5.41, 5.74) is 0. The molecule has 4 heteroatoms. The summed E-state index contributed by atoms with van der Waals surface area (Å²) in [6, 6.07) is 0. The molecule has 0 atom stereocenters. The van der Waals surface area contributed by atoms with Gasteiger partial charge in [-0.25, -0.2) is 4.98 Å². The molecule has 0 aliphatic rings. The van der Waals surface area contributed by atoms with Crippen LogP contribution < -0.4 is 5.32 Å². The predicted octanol–water partition coefficient (Wildman–Crippen LogP) is 1.17. The summed E-state index contributed by atoms with van der Waals surface area (Å²) in [7, 11) is 0. The molecule has 1 amide bonds. The largest absolute Gasteiger partial charge is 0.350 e. The minimum absolute atomic E-state index is 0.0696. The van der Waals surface area contributed by atoms with E-state index in [1.54, 1.807) is 17.5 Å². The van der Waals surface area contributed by atoms with Gasteiger partial charge in [0.15, 0.2) is 0 Å². The topological polar surface area (TPSA) is 42.0 Å². The van der Waals surface area contributed by atoms with Crippen molar-refractivity contribution in [1.29, 1.82) is 0 Å². The summed E-state index contributed by atoms with van der Waals surface area (Å²) in [5, 5.41) is 5.59. The van der Waals surface area contributed by atoms with Crippen molar-refractivity contribution in [3.05, 3.63) is 16.6 Å². The van der Waals surface area contributed by atoms with Gasteiger partial charge >= 0.3 is 0 Å². The molecule has 1 aromatic heterocycles. The standard InChI is InChI=1S/C7H10N2OS/c1-2-6(10)9-5-7-8-3-4-11-7/h3-4H,2,5H2,1H3,(H,9,10). The summed E-state index contributed by atoms with van der Waals surface area (Å²) >= 11 is 1.55. The minimum Gasteiger partial charge on any atom is -0.350 e. The van der Waals surface area contributed by atoms with Crippen LogP contribution in [0, 0.1) is 0 Å². The van der Waals surface area contributed by atoms with E-state index in [0.29, 0.717) is 13.0 Å². The van der Waals surface area contributed by atoms with Crippen molar-refractivity contribution < 1.29 is 4.79 Å². The number of carbonyl (C=O) groups is 1. The first-order valence-corrected chi connectivity index (χ1v) is 4.36. The van der Waals surface area contributed by atoms with Crippen LogP contribution in [0.5, 0.6) is 0 Å². The van der Waals surface area contributed by atoms with E-state index in [1.807, 2.05) is 12.3 Å². The van der Waals surface area contributed by atoms with Crippen molar-refractivity contribution in [2.75, 3.05) is 0 Å².